The topological polar surface area (TPSA) is 97.8 Å². The Morgan fingerprint density at radius 2 is 2.21 bits per heavy atom. The van der Waals surface area contributed by atoms with E-state index in [-0.39, 0.29) is 17.8 Å². The summed E-state index contributed by atoms with van der Waals surface area (Å²) < 4.78 is 10.0. The van der Waals surface area contributed by atoms with Crippen LogP contribution < -0.4 is 5.32 Å². The average Bonchev–Trinajstić information content (AvgIpc) is 3.18. The van der Waals surface area contributed by atoms with Crippen molar-refractivity contribution >= 4 is 34.8 Å². The minimum atomic E-state index is -0.155. The van der Waals surface area contributed by atoms with E-state index in [1.54, 1.807) is 11.3 Å². The van der Waals surface area contributed by atoms with Crippen molar-refractivity contribution in [1.82, 2.24) is 19.3 Å². The van der Waals surface area contributed by atoms with Gasteiger partial charge in [-0.05, 0) is 56.5 Å². The molecule has 5 rings (SSSR count). The first-order valence-corrected chi connectivity index (χ1v) is 13.5. The van der Waals surface area contributed by atoms with Crippen molar-refractivity contribution < 1.29 is 9.53 Å². The number of hydrogen-bond acceptors (Lipinski definition) is 7. The zero-order valence-corrected chi connectivity index (χ0v) is 21.0. The molecule has 2 fully saturated rings. The van der Waals surface area contributed by atoms with Gasteiger partial charge in [-0.1, -0.05) is 17.8 Å². The maximum absolute atomic E-state index is 13.0. The van der Waals surface area contributed by atoms with E-state index in [0.29, 0.717) is 24.0 Å². The highest BCUT2D eigenvalue weighted by atomic mass is 32.2. The van der Waals surface area contributed by atoms with Gasteiger partial charge in [-0.15, -0.1) is 21.5 Å². The van der Waals surface area contributed by atoms with E-state index in [4.69, 9.17) is 4.74 Å². The van der Waals surface area contributed by atoms with Gasteiger partial charge in [-0.25, -0.2) is 0 Å². The van der Waals surface area contributed by atoms with Crippen molar-refractivity contribution in [2.75, 3.05) is 17.7 Å². The molecule has 1 amide bonds. The fourth-order valence-corrected chi connectivity index (χ4v) is 5.97. The average molecular weight is 497 g/mol. The van der Waals surface area contributed by atoms with E-state index in [2.05, 4.69) is 37.6 Å². The lowest BCUT2D eigenvalue weighted by Crippen LogP contribution is -2.22. The molecule has 34 heavy (non-hydrogen) atoms. The molecule has 3 aromatic rings. The summed E-state index contributed by atoms with van der Waals surface area (Å²) in [7, 11) is 0. The lowest BCUT2D eigenvalue weighted by atomic mass is 10.2. The number of amides is 1. The van der Waals surface area contributed by atoms with Crippen molar-refractivity contribution in [1.29, 1.82) is 5.26 Å². The van der Waals surface area contributed by atoms with Crippen LogP contribution in [0.5, 0.6) is 0 Å². The van der Waals surface area contributed by atoms with Crippen LogP contribution >= 0.6 is 23.1 Å². The van der Waals surface area contributed by atoms with Crippen molar-refractivity contribution in [2.45, 2.75) is 69.8 Å². The minimum absolute atomic E-state index is 0.112. The van der Waals surface area contributed by atoms with Gasteiger partial charge in [0, 0.05) is 29.6 Å². The SMILES string of the molecule is Cc1c(C#N)c(NC(=O)CSc2nnc(Cc3cccs3)n2C2CC2)n(C[C@H]2CCCO2)c1C. The van der Waals surface area contributed by atoms with Gasteiger partial charge in [0.15, 0.2) is 5.16 Å². The maximum atomic E-state index is 13.0. The number of ether oxygens (including phenoxy) is 1. The summed E-state index contributed by atoms with van der Waals surface area (Å²) in [4.78, 5) is 14.2. The number of rotatable bonds is 9. The second-order valence-corrected chi connectivity index (χ2v) is 10.9. The summed E-state index contributed by atoms with van der Waals surface area (Å²) in [5.74, 6) is 1.58. The number of thioether (sulfide) groups is 1. The standard InChI is InChI=1S/C24H28N6O2S2/c1-15-16(2)29(13-18-5-3-9-32-18)23(20(15)12-25)26-22(31)14-34-24-28-27-21(30(24)17-7-8-17)11-19-6-4-10-33-19/h4,6,10,17-18H,3,5,7-9,11,13-14H2,1-2H3,(H,26,31)/t18-/m1/s1. The lowest BCUT2D eigenvalue weighted by Gasteiger charge is -2.17. The number of carbonyl (C=O) groups is 1. The van der Waals surface area contributed by atoms with Crippen LogP contribution in [0, 0.1) is 25.2 Å². The van der Waals surface area contributed by atoms with Gasteiger partial charge in [-0.3, -0.25) is 4.79 Å². The Hall–Kier alpha value is -2.61. The van der Waals surface area contributed by atoms with Crippen LogP contribution in [-0.2, 0) is 22.5 Å². The number of nitriles is 1. The molecule has 178 valence electrons. The first-order chi connectivity index (χ1) is 16.5. The molecule has 1 aliphatic carbocycles. The Morgan fingerprint density at radius 3 is 2.88 bits per heavy atom. The third kappa shape index (κ3) is 4.78. The Bertz CT molecular complexity index is 1210. The van der Waals surface area contributed by atoms with Gasteiger partial charge in [0.25, 0.3) is 0 Å². The molecule has 2 aliphatic rings. The van der Waals surface area contributed by atoms with Crippen LogP contribution in [0.25, 0.3) is 0 Å². The highest BCUT2D eigenvalue weighted by Crippen LogP contribution is 2.39. The summed E-state index contributed by atoms with van der Waals surface area (Å²) in [5.41, 5.74) is 2.41. The number of nitrogens with zero attached hydrogens (tertiary/aromatic N) is 5. The molecule has 4 heterocycles. The van der Waals surface area contributed by atoms with Crippen LogP contribution in [0.15, 0.2) is 22.7 Å². The zero-order valence-electron chi connectivity index (χ0n) is 19.4. The molecule has 0 radical (unpaired) electrons. The molecular formula is C24H28N6O2S2. The molecule has 0 aromatic carbocycles. The van der Waals surface area contributed by atoms with Crippen LogP contribution in [0.3, 0.4) is 0 Å². The van der Waals surface area contributed by atoms with Crippen LogP contribution in [0.2, 0.25) is 0 Å². The second kappa shape index (κ2) is 9.94. The summed E-state index contributed by atoms with van der Waals surface area (Å²) in [6.07, 6.45) is 5.15. The van der Waals surface area contributed by atoms with Gasteiger partial charge in [-0.2, -0.15) is 5.26 Å². The molecule has 8 nitrogen and oxygen atoms in total. The molecule has 0 bridgehead atoms. The number of carbonyl (C=O) groups excluding carboxylic acids is 1. The zero-order chi connectivity index (χ0) is 23.7. The van der Waals surface area contributed by atoms with E-state index in [9.17, 15) is 10.1 Å². The van der Waals surface area contributed by atoms with Gasteiger partial charge in [0.05, 0.1) is 24.0 Å². The molecule has 0 spiro atoms. The number of nitrogens with one attached hydrogen (secondary N) is 1. The predicted molar refractivity (Wildman–Crippen MR) is 132 cm³/mol. The quantitative estimate of drug-likeness (QED) is 0.439. The van der Waals surface area contributed by atoms with E-state index < -0.39 is 0 Å². The fourth-order valence-electron chi connectivity index (χ4n) is 4.44. The summed E-state index contributed by atoms with van der Waals surface area (Å²) in [5, 5.41) is 24.5. The first kappa shape index (κ1) is 23.1. The Kier molecular flexibility index (Phi) is 6.77. The number of thiophene rings is 1. The Balaban J connectivity index is 1.29. The molecule has 10 heteroatoms. The lowest BCUT2D eigenvalue weighted by molar-refractivity contribution is -0.113. The summed E-state index contributed by atoms with van der Waals surface area (Å²) >= 11 is 3.12. The van der Waals surface area contributed by atoms with Crippen LogP contribution in [0.4, 0.5) is 5.82 Å². The van der Waals surface area contributed by atoms with Gasteiger partial charge in [0.2, 0.25) is 5.91 Å². The Labute approximate surface area is 207 Å². The van der Waals surface area contributed by atoms with Crippen molar-refractivity contribution in [3.05, 3.63) is 45.0 Å². The molecular weight excluding hydrogens is 468 g/mol. The molecule has 0 unspecified atom stereocenters. The highest BCUT2D eigenvalue weighted by Gasteiger charge is 2.30. The molecule has 1 aliphatic heterocycles. The van der Waals surface area contributed by atoms with Gasteiger partial charge < -0.3 is 19.2 Å². The van der Waals surface area contributed by atoms with Crippen molar-refractivity contribution in [3.8, 4) is 6.07 Å². The number of hydrogen-bond donors (Lipinski definition) is 1. The van der Waals surface area contributed by atoms with E-state index in [0.717, 1.165) is 60.9 Å². The van der Waals surface area contributed by atoms with Crippen LogP contribution in [0.1, 0.15) is 59.2 Å². The number of anilines is 1. The van der Waals surface area contributed by atoms with Gasteiger partial charge >= 0.3 is 0 Å². The normalized spacial score (nSPS) is 17.7. The van der Waals surface area contributed by atoms with Gasteiger partial charge in [0.1, 0.15) is 17.7 Å². The smallest absolute Gasteiger partial charge is 0.235 e. The summed E-state index contributed by atoms with van der Waals surface area (Å²) in [6, 6.07) is 6.86. The molecule has 1 saturated heterocycles. The molecule has 1 atom stereocenters. The number of aromatic nitrogens is 4. The Morgan fingerprint density at radius 1 is 1.35 bits per heavy atom. The highest BCUT2D eigenvalue weighted by molar-refractivity contribution is 7.99. The first-order valence-electron chi connectivity index (χ1n) is 11.6. The molecule has 1 saturated carbocycles. The predicted octanol–water partition coefficient (Wildman–Crippen LogP) is 4.47. The molecule has 3 aromatic heterocycles. The van der Waals surface area contributed by atoms with Crippen molar-refractivity contribution in [3.63, 3.8) is 0 Å². The van der Waals surface area contributed by atoms with E-state index >= 15 is 0 Å². The second-order valence-electron chi connectivity index (χ2n) is 8.88. The van der Waals surface area contributed by atoms with Crippen molar-refractivity contribution in [2.24, 2.45) is 0 Å². The monoisotopic (exact) mass is 496 g/mol. The van der Waals surface area contributed by atoms with Crippen LogP contribution in [-0.4, -0.2) is 43.7 Å². The third-order valence-electron chi connectivity index (χ3n) is 6.50. The summed E-state index contributed by atoms with van der Waals surface area (Å²) in [6.45, 7) is 5.32. The van der Waals surface area contributed by atoms with E-state index in [1.165, 1.54) is 16.6 Å². The largest absolute Gasteiger partial charge is 0.376 e. The fraction of sp³-hybridized carbons (Fsp3) is 0.500. The third-order valence-corrected chi connectivity index (χ3v) is 8.32. The minimum Gasteiger partial charge on any atom is -0.376 e. The van der Waals surface area contributed by atoms with E-state index in [1.807, 2.05) is 24.5 Å². The maximum Gasteiger partial charge on any atom is 0.235 e. The molecule has 1 N–H and O–H groups in total.